The van der Waals surface area contributed by atoms with Crippen LogP contribution in [0.3, 0.4) is 0 Å². The van der Waals surface area contributed by atoms with E-state index in [0.29, 0.717) is 11.2 Å². The summed E-state index contributed by atoms with van der Waals surface area (Å²) in [4.78, 5) is 3.95. The second-order valence-electron chi connectivity index (χ2n) is 4.19. The van der Waals surface area contributed by atoms with Crippen molar-refractivity contribution in [1.29, 1.82) is 5.26 Å². The molecule has 0 saturated carbocycles. The number of nitrogen functional groups attached to an aromatic ring is 1. The highest BCUT2D eigenvalue weighted by molar-refractivity contribution is 5.82. The van der Waals surface area contributed by atoms with E-state index >= 15 is 0 Å². The predicted molar refractivity (Wildman–Crippen MR) is 70.1 cm³/mol. The number of nitrogens with two attached hydrogens (primary N) is 1. The smallest absolute Gasteiger partial charge is 0.206 e. The normalized spacial score (nSPS) is 10.7. The Hall–Kier alpha value is -2.94. The van der Waals surface area contributed by atoms with Gasteiger partial charge in [-0.2, -0.15) is 5.26 Å². The third-order valence-electron chi connectivity index (χ3n) is 2.98. The SMILES string of the molecule is N#Cc1cc(F)ccc1-n1c(N)nc2c(F)cccc21. The molecule has 0 saturated heterocycles. The van der Waals surface area contributed by atoms with E-state index in [4.69, 9.17) is 11.0 Å². The van der Waals surface area contributed by atoms with Gasteiger partial charge in [0.25, 0.3) is 0 Å². The van der Waals surface area contributed by atoms with Crippen molar-refractivity contribution < 1.29 is 8.78 Å². The lowest BCUT2D eigenvalue weighted by atomic mass is 10.2. The van der Waals surface area contributed by atoms with Crippen LogP contribution in [0.2, 0.25) is 0 Å². The maximum Gasteiger partial charge on any atom is 0.206 e. The van der Waals surface area contributed by atoms with Crippen molar-refractivity contribution in [2.45, 2.75) is 0 Å². The third-order valence-corrected chi connectivity index (χ3v) is 2.98. The van der Waals surface area contributed by atoms with Gasteiger partial charge in [0.05, 0.1) is 16.8 Å². The molecular formula is C14H8F2N4. The van der Waals surface area contributed by atoms with E-state index in [2.05, 4.69) is 4.98 Å². The monoisotopic (exact) mass is 270 g/mol. The summed E-state index contributed by atoms with van der Waals surface area (Å²) in [5.74, 6) is -0.999. The Morgan fingerprint density at radius 1 is 1.20 bits per heavy atom. The number of hydrogen-bond donors (Lipinski definition) is 1. The van der Waals surface area contributed by atoms with Gasteiger partial charge in [0.2, 0.25) is 5.95 Å². The molecule has 0 bridgehead atoms. The van der Waals surface area contributed by atoms with Crippen LogP contribution in [0.4, 0.5) is 14.7 Å². The van der Waals surface area contributed by atoms with Crippen molar-refractivity contribution in [2.75, 3.05) is 5.73 Å². The van der Waals surface area contributed by atoms with E-state index in [9.17, 15) is 8.78 Å². The van der Waals surface area contributed by atoms with Crippen LogP contribution in [-0.2, 0) is 0 Å². The van der Waals surface area contributed by atoms with E-state index in [0.717, 1.165) is 6.07 Å². The molecule has 2 N–H and O–H groups in total. The summed E-state index contributed by atoms with van der Waals surface area (Å²) in [6.07, 6.45) is 0. The standard InChI is InChI=1S/C14H8F2N4/c15-9-4-5-11(8(6-9)7-17)20-12-3-1-2-10(16)13(12)19-14(20)18/h1-6H,(H2,18,19). The average Bonchev–Trinajstić information content (AvgIpc) is 2.77. The minimum Gasteiger partial charge on any atom is -0.369 e. The number of hydrogen-bond acceptors (Lipinski definition) is 3. The lowest BCUT2D eigenvalue weighted by Crippen LogP contribution is -2.03. The Bertz CT molecular complexity index is 861. The van der Waals surface area contributed by atoms with Crippen LogP contribution in [0.5, 0.6) is 0 Å². The minimum atomic E-state index is -0.528. The molecule has 0 atom stereocenters. The van der Waals surface area contributed by atoms with Gasteiger partial charge in [-0.3, -0.25) is 4.57 Å². The van der Waals surface area contributed by atoms with Crippen LogP contribution in [0.15, 0.2) is 36.4 Å². The minimum absolute atomic E-state index is 0.0354. The van der Waals surface area contributed by atoms with Crippen molar-refractivity contribution in [2.24, 2.45) is 0 Å². The molecule has 2 aromatic carbocycles. The lowest BCUT2D eigenvalue weighted by Gasteiger charge is -2.08. The van der Waals surface area contributed by atoms with E-state index in [1.54, 1.807) is 6.07 Å². The highest BCUT2D eigenvalue weighted by Gasteiger charge is 2.15. The Labute approximate surface area is 112 Å². The molecule has 0 radical (unpaired) electrons. The molecule has 1 aromatic heterocycles. The number of halogens is 2. The molecular weight excluding hydrogens is 262 g/mol. The van der Waals surface area contributed by atoms with Crippen LogP contribution in [0, 0.1) is 23.0 Å². The topological polar surface area (TPSA) is 67.6 Å². The Kier molecular flexibility index (Phi) is 2.61. The highest BCUT2D eigenvalue weighted by atomic mass is 19.1. The number of anilines is 1. The maximum absolute atomic E-state index is 13.7. The number of fused-ring (bicyclic) bond motifs is 1. The molecule has 0 aliphatic carbocycles. The fourth-order valence-electron chi connectivity index (χ4n) is 2.13. The molecule has 0 aliphatic heterocycles. The summed E-state index contributed by atoms with van der Waals surface area (Å²) < 4.78 is 28.3. The molecule has 3 rings (SSSR count). The molecule has 4 nitrogen and oxygen atoms in total. The number of aromatic nitrogens is 2. The molecule has 98 valence electrons. The van der Waals surface area contributed by atoms with Gasteiger partial charge in [-0.15, -0.1) is 0 Å². The quantitative estimate of drug-likeness (QED) is 0.739. The van der Waals surface area contributed by atoms with Crippen LogP contribution in [0.1, 0.15) is 5.56 Å². The molecule has 6 heteroatoms. The largest absolute Gasteiger partial charge is 0.369 e. The van der Waals surface area contributed by atoms with E-state index in [1.807, 2.05) is 6.07 Å². The highest BCUT2D eigenvalue weighted by Crippen LogP contribution is 2.26. The zero-order valence-corrected chi connectivity index (χ0v) is 10.1. The summed E-state index contributed by atoms with van der Waals surface area (Å²) in [7, 11) is 0. The molecule has 0 spiro atoms. The average molecular weight is 270 g/mol. The van der Waals surface area contributed by atoms with Gasteiger partial charge in [-0.05, 0) is 30.3 Å². The maximum atomic E-state index is 13.7. The molecule has 3 aromatic rings. The summed E-state index contributed by atoms with van der Waals surface area (Å²) in [5, 5.41) is 9.09. The number of para-hydroxylation sites is 1. The number of nitriles is 1. The van der Waals surface area contributed by atoms with Crippen LogP contribution >= 0.6 is 0 Å². The molecule has 0 amide bonds. The second kappa shape index (κ2) is 4.31. The Balaban J connectivity index is 2.39. The summed E-state index contributed by atoms with van der Waals surface area (Å²) >= 11 is 0. The first-order valence-electron chi connectivity index (χ1n) is 5.74. The lowest BCUT2D eigenvalue weighted by molar-refractivity contribution is 0.627. The number of benzene rings is 2. The molecule has 0 aliphatic rings. The van der Waals surface area contributed by atoms with E-state index in [-0.39, 0.29) is 17.0 Å². The zero-order valence-electron chi connectivity index (χ0n) is 10.1. The van der Waals surface area contributed by atoms with Crippen molar-refractivity contribution in [1.82, 2.24) is 9.55 Å². The molecule has 0 fully saturated rings. The fraction of sp³-hybridized carbons (Fsp3) is 0. The first-order valence-corrected chi connectivity index (χ1v) is 5.74. The van der Waals surface area contributed by atoms with Crippen molar-refractivity contribution >= 4 is 17.0 Å². The first-order chi connectivity index (χ1) is 9.61. The van der Waals surface area contributed by atoms with E-state index in [1.165, 1.54) is 28.8 Å². The van der Waals surface area contributed by atoms with E-state index < -0.39 is 11.6 Å². The van der Waals surface area contributed by atoms with Gasteiger partial charge in [-0.25, -0.2) is 13.8 Å². The van der Waals surface area contributed by atoms with Gasteiger partial charge < -0.3 is 5.73 Å². The van der Waals surface area contributed by atoms with Crippen LogP contribution in [-0.4, -0.2) is 9.55 Å². The molecule has 20 heavy (non-hydrogen) atoms. The second-order valence-corrected chi connectivity index (χ2v) is 4.19. The van der Waals surface area contributed by atoms with Gasteiger partial charge >= 0.3 is 0 Å². The summed E-state index contributed by atoms with van der Waals surface area (Å²) in [6, 6.07) is 10.0. The summed E-state index contributed by atoms with van der Waals surface area (Å²) in [5.41, 5.74) is 6.79. The Morgan fingerprint density at radius 3 is 2.75 bits per heavy atom. The zero-order chi connectivity index (χ0) is 14.3. The number of imidazole rings is 1. The molecule has 0 unspecified atom stereocenters. The van der Waals surface area contributed by atoms with Crippen LogP contribution in [0.25, 0.3) is 16.7 Å². The number of nitrogens with zero attached hydrogens (tertiary/aromatic N) is 3. The van der Waals surface area contributed by atoms with Gasteiger partial charge in [-0.1, -0.05) is 6.07 Å². The predicted octanol–water partition coefficient (Wildman–Crippen LogP) is 2.76. The van der Waals surface area contributed by atoms with Crippen LogP contribution < -0.4 is 5.73 Å². The molecule has 1 heterocycles. The Morgan fingerprint density at radius 2 is 2.00 bits per heavy atom. The third kappa shape index (κ3) is 1.68. The van der Waals surface area contributed by atoms with Crippen molar-refractivity contribution in [3.8, 4) is 11.8 Å². The van der Waals surface area contributed by atoms with Gasteiger partial charge in [0.1, 0.15) is 17.4 Å². The van der Waals surface area contributed by atoms with Crippen molar-refractivity contribution in [3.63, 3.8) is 0 Å². The fourth-order valence-corrected chi connectivity index (χ4v) is 2.13. The summed E-state index contributed by atoms with van der Waals surface area (Å²) in [6.45, 7) is 0. The first kappa shape index (κ1) is 12.1. The van der Waals surface area contributed by atoms with Gasteiger partial charge in [0, 0.05) is 0 Å². The number of rotatable bonds is 1. The van der Waals surface area contributed by atoms with Crippen molar-refractivity contribution in [3.05, 3.63) is 53.6 Å². The van der Waals surface area contributed by atoms with Gasteiger partial charge in [0.15, 0.2) is 5.82 Å².